The zero-order chi connectivity index (χ0) is 11.1. The van der Waals surface area contributed by atoms with E-state index in [1.54, 1.807) is 0 Å². The van der Waals surface area contributed by atoms with Gasteiger partial charge in [0.2, 0.25) is 0 Å². The van der Waals surface area contributed by atoms with Crippen molar-refractivity contribution in [2.75, 3.05) is 6.61 Å². The normalized spacial score (nSPS) is 26.4. The van der Waals surface area contributed by atoms with Crippen LogP contribution in [0.5, 0.6) is 0 Å². The van der Waals surface area contributed by atoms with E-state index in [4.69, 9.17) is 19.5 Å². The lowest BCUT2D eigenvalue weighted by atomic mass is 10.7. The molecule has 1 rings (SSSR count). The van der Waals surface area contributed by atoms with E-state index in [9.17, 15) is 9.13 Å². The molecule has 9 nitrogen and oxygen atoms in total. The third-order valence-corrected chi connectivity index (χ3v) is 2.57. The van der Waals surface area contributed by atoms with Gasteiger partial charge in [0, 0.05) is 13.7 Å². The molecule has 1 heterocycles. The van der Waals surface area contributed by atoms with Gasteiger partial charge in [0.1, 0.15) is 6.61 Å². The van der Waals surface area contributed by atoms with Crippen LogP contribution in [0.25, 0.3) is 0 Å². The minimum absolute atomic E-state index is 0.495. The van der Waals surface area contributed by atoms with Crippen molar-refractivity contribution in [1.29, 1.82) is 0 Å². The first-order valence-corrected chi connectivity index (χ1v) is 6.23. The van der Waals surface area contributed by atoms with Crippen LogP contribution in [-0.4, -0.2) is 27.8 Å². The van der Waals surface area contributed by atoms with Crippen molar-refractivity contribution in [2.24, 2.45) is 0 Å². The van der Waals surface area contributed by atoms with E-state index in [2.05, 4.69) is 13.4 Å². The van der Waals surface area contributed by atoms with Gasteiger partial charge >= 0.3 is 24.8 Å². The zero-order valence-corrected chi connectivity index (χ0v) is 9.10. The fourth-order valence-electron chi connectivity index (χ4n) is 0.371. The molecule has 3 N–H and O–H groups in total. The highest BCUT2D eigenvalue weighted by atomic mass is 31.2. The second kappa shape index (κ2) is 7.36. The number of aliphatic hydroxyl groups is 1. The van der Waals surface area contributed by atoms with Crippen molar-refractivity contribution in [3.05, 3.63) is 0 Å². The van der Waals surface area contributed by atoms with E-state index >= 15 is 0 Å². The molecule has 14 heavy (non-hydrogen) atoms. The lowest BCUT2D eigenvalue weighted by Crippen LogP contribution is -2.17. The smallest absolute Gasteiger partial charge is 0.391 e. The molecule has 12 heteroatoms. The summed E-state index contributed by atoms with van der Waals surface area (Å²) >= 11 is 0. The van der Waals surface area contributed by atoms with Crippen LogP contribution in [0.3, 0.4) is 0 Å². The van der Waals surface area contributed by atoms with Crippen LogP contribution in [0.1, 0.15) is 0 Å². The Morgan fingerprint density at radius 2 is 1.57 bits per heavy atom. The Morgan fingerprint density at radius 3 is 1.86 bits per heavy atom. The van der Waals surface area contributed by atoms with Gasteiger partial charge in [-0.05, 0) is 0 Å². The van der Waals surface area contributed by atoms with Crippen LogP contribution in [0.4, 0.5) is 0 Å². The average Bonchev–Trinajstić information content (AvgIpc) is 2.01. The number of hydrogen-bond donors (Lipinski definition) is 3. The summed E-state index contributed by atoms with van der Waals surface area (Å²) in [7, 11) is -7.66. The lowest BCUT2D eigenvalue weighted by Gasteiger charge is -1.98. The SMILES string of the molecule is O=[P+](O)O.O=[P+]1OC(CO)O[P+](=O)O1. The van der Waals surface area contributed by atoms with Gasteiger partial charge in [0.25, 0.3) is 6.29 Å². The number of rotatable bonds is 1. The number of hydrogen-bond acceptors (Lipinski definition) is 7. The Hall–Kier alpha value is 0.0600. The van der Waals surface area contributed by atoms with Crippen molar-refractivity contribution in [1.82, 2.24) is 0 Å². The molecule has 1 aliphatic rings. The summed E-state index contributed by atoms with van der Waals surface area (Å²) in [5.41, 5.74) is 0. The summed E-state index contributed by atoms with van der Waals surface area (Å²) in [6.45, 7) is -0.495. The molecule has 0 spiro atoms. The van der Waals surface area contributed by atoms with E-state index in [0.717, 1.165) is 0 Å². The topological polar surface area (TPSA) is 140 Å². The highest BCUT2D eigenvalue weighted by Crippen LogP contribution is 2.46. The van der Waals surface area contributed by atoms with Gasteiger partial charge in [0.15, 0.2) is 4.31 Å². The molecule has 1 fully saturated rings. The summed E-state index contributed by atoms with van der Waals surface area (Å²) in [6.07, 6.45) is -1.10. The largest absolute Gasteiger partial charge is 0.750 e. The van der Waals surface area contributed by atoms with E-state index < -0.39 is 37.7 Å². The highest BCUT2D eigenvalue weighted by molar-refractivity contribution is 7.48. The van der Waals surface area contributed by atoms with Crippen LogP contribution in [-0.2, 0) is 27.1 Å². The molecule has 0 aromatic heterocycles. The molecule has 1 aliphatic heterocycles. The highest BCUT2D eigenvalue weighted by Gasteiger charge is 2.51. The minimum atomic E-state index is -2.87. The molecule has 0 aromatic carbocycles. The van der Waals surface area contributed by atoms with Gasteiger partial charge in [-0.1, -0.05) is 9.05 Å². The zero-order valence-electron chi connectivity index (χ0n) is 6.42. The Labute approximate surface area is 80.5 Å². The summed E-state index contributed by atoms with van der Waals surface area (Å²) < 4.78 is 42.2. The molecule has 0 radical (unpaired) electrons. The molecule has 1 saturated heterocycles. The van der Waals surface area contributed by atoms with Gasteiger partial charge in [-0.3, -0.25) is 0 Å². The van der Waals surface area contributed by atoms with Crippen molar-refractivity contribution < 1.29 is 41.9 Å². The Morgan fingerprint density at radius 1 is 1.21 bits per heavy atom. The first kappa shape index (κ1) is 14.1. The standard InChI is InChI=1S/C2H4O6P2.HO3P/c3-1-2-6-9(4)8-10(5)7-2;1-4(2)3/h2-3H,1H2;(H-,1,2,3)/q+2;/p+1. The van der Waals surface area contributed by atoms with Crippen molar-refractivity contribution in [3.8, 4) is 0 Å². The molecule has 0 aromatic rings. The summed E-state index contributed by atoms with van der Waals surface area (Å²) in [5.74, 6) is 0. The third kappa shape index (κ3) is 7.46. The van der Waals surface area contributed by atoms with Crippen molar-refractivity contribution in [2.45, 2.75) is 6.29 Å². The van der Waals surface area contributed by atoms with Gasteiger partial charge < -0.3 is 5.11 Å². The summed E-state index contributed by atoms with van der Waals surface area (Å²) in [4.78, 5) is 14.2. The first-order chi connectivity index (χ1) is 6.45. The van der Waals surface area contributed by atoms with Gasteiger partial charge in [-0.15, -0.1) is 9.79 Å². The predicted molar refractivity (Wildman–Crippen MR) is 41.4 cm³/mol. The Balaban J connectivity index is 0.000000364. The Kier molecular flexibility index (Phi) is 7.40. The van der Waals surface area contributed by atoms with E-state index in [1.165, 1.54) is 0 Å². The maximum absolute atomic E-state index is 10.4. The average molecular weight is 267 g/mol. The first-order valence-electron chi connectivity index (χ1n) is 2.87. The minimum Gasteiger partial charge on any atom is -0.391 e. The maximum Gasteiger partial charge on any atom is 0.750 e. The lowest BCUT2D eigenvalue weighted by molar-refractivity contribution is -0.0509. The van der Waals surface area contributed by atoms with E-state index in [-0.39, 0.29) is 0 Å². The molecule has 0 amide bonds. The summed E-state index contributed by atoms with van der Waals surface area (Å²) in [5, 5.41) is 8.36. The Bertz CT molecular complexity index is 218. The molecular weight excluding hydrogens is 261 g/mol. The molecule has 2 unspecified atom stereocenters. The monoisotopic (exact) mass is 267 g/mol. The van der Waals surface area contributed by atoms with Gasteiger partial charge in [-0.2, -0.15) is 0 Å². The van der Waals surface area contributed by atoms with Crippen LogP contribution in [0.2, 0.25) is 0 Å². The quantitative estimate of drug-likeness (QED) is 0.572. The van der Waals surface area contributed by atoms with Crippen LogP contribution < -0.4 is 0 Å². The van der Waals surface area contributed by atoms with E-state index in [0.29, 0.717) is 0 Å². The van der Waals surface area contributed by atoms with Crippen LogP contribution >= 0.6 is 24.8 Å². The molecule has 80 valence electrons. The second-order valence-corrected chi connectivity index (χ2v) is 4.08. The van der Waals surface area contributed by atoms with Gasteiger partial charge in [0.05, 0.1) is 0 Å². The fraction of sp³-hybridized carbons (Fsp3) is 1.00. The fourth-order valence-corrected chi connectivity index (χ4v) is 1.79. The molecule has 0 aliphatic carbocycles. The number of aliphatic hydroxyl groups excluding tert-OH is 1. The van der Waals surface area contributed by atoms with Crippen LogP contribution in [0, 0.1) is 0 Å². The van der Waals surface area contributed by atoms with Crippen molar-refractivity contribution >= 4 is 24.8 Å². The second-order valence-electron chi connectivity index (χ2n) is 1.60. The molecular formula is C2H6O9P3+3. The molecule has 2 atom stereocenters. The van der Waals surface area contributed by atoms with Crippen LogP contribution in [0.15, 0.2) is 0 Å². The predicted octanol–water partition coefficient (Wildman–Crippen LogP) is 0.311. The molecule has 0 saturated carbocycles. The molecule has 0 bridgehead atoms. The summed E-state index contributed by atoms with van der Waals surface area (Å²) in [6, 6.07) is 0. The third-order valence-electron chi connectivity index (χ3n) is 0.690. The van der Waals surface area contributed by atoms with E-state index in [1.807, 2.05) is 0 Å². The van der Waals surface area contributed by atoms with Gasteiger partial charge in [-0.25, -0.2) is 0 Å². The van der Waals surface area contributed by atoms with Crippen molar-refractivity contribution in [3.63, 3.8) is 0 Å². The maximum atomic E-state index is 10.4.